The van der Waals surface area contributed by atoms with E-state index in [1.807, 2.05) is 0 Å². The first-order valence-corrected chi connectivity index (χ1v) is 8.38. The fraction of sp³-hybridized carbons (Fsp3) is 0.812. The van der Waals surface area contributed by atoms with E-state index in [1.54, 1.807) is 0 Å². The van der Waals surface area contributed by atoms with E-state index in [2.05, 4.69) is 30.6 Å². The van der Waals surface area contributed by atoms with Crippen molar-refractivity contribution in [3.05, 3.63) is 11.1 Å². The van der Waals surface area contributed by atoms with Gasteiger partial charge in [-0.15, -0.1) is 0 Å². The Bertz CT molecular complexity index is 369. The van der Waals surface area contributed by atoms with Crippen LogP contribution in [0.3, 0.4) is 0 Å². The molecule has 1 aliphatic heterocycles. The Morgan fingerprint density at radius 2 is 2.25 bits per heavy atom. The highest BCUT2D eigenvalue weighted by molar-refractivity contribution is 6.29. The molecule has 20 heavy (non-hydrogen) atoms. The van der Waals surface area contributed by atoms with Gasteiger partial charge < -0.3 is 10.6 Å². The number of fused-ring (bicyclic) bond motifs is 1. The van der Waals surface area contributed by atoms with Crippen molar-refractivity contribution in [2.45, 2.75) is 64.5 Å². The third kappa shape index (κ3) is 3.98. The maximum Gasteiger partial charge on any atom is 0.234 e. The lowest BCUT2D eigenvalue weighted by atomic mass is 9.78. The third-order valence-corrected chi connectivity index (χ3v) is 4.98. The number of nitrogens with one attached hydrogen (secondary N) is 2. The molecule has 3 nitrogen and oxygen atoms in total. The Balaban J connectivity index is 2.07. The fourth-order valence-corrected chi connectivity index (χ4v) is 3.75. The van der Waals surface area contributed by atoms with Gasteiger partial charge in [-0.05, 0) is 25.2 Å². The lowest BCUT2D eigenvalue weighted by molar-refractivity contribution is -0.120. The van der Waals surface area contributed by atoms with E-state index in [0.29, 0.717) is 24.4 Å². The molecule has 2 aliphatic rings. The van der Waals surface area contributed by atoms with Gasteiger partial charge in [-0.25, -0.2) is 0 Å². The highest BCUT2D eigenvalue weighted by Gasteiger charge is 2.36. The van der Waals surface area contributed by atoms with Gasteiger partial charge in [0.1, 0.15) is 0 Å². The second-order valence-corrected chi connectivity index (χ2v) is 6.77. The first-order chi connectivity index (χ1) is 9.61. The average Bonchev–Trinajstić information content (AvgIpc) is 2.57. The van der Waals surface area contributed by atoms with Gasteiger partial charge in [0.25, 0.3) is 0 Å². The maximum absolute atomic E-state index is 11.8. The van der Waals surface area contributed by atoms with E-state index >= 15 is 0 Å². The Kier molecular flexibility index (Phi) is 5.91. The number of allylic oxidation sites excluding steroid dienone is 1. The Hall–Kier alpha value is -0.540. The summed E-state index contributed by atoms with van der Waals surface area (Å²) in [5.74, 6) is 1.02. The van der Waals surface area contributed by atoms with Crippen LogP contribution in [-0.2, 0) is 4.79 Å². The largest absolute Gasteiger partial charge is 0.352 e. The van der Waals surface area contributed by atoms with E-state index in [9.17, 15) is 4.79 Å². The SMILES string of the molecule is CCCCC[C@H](C)C1NCC(=O)NC2CCC(Cl)=CC21. The summed E-state index contributed by atoms with van der Waals surface area (Å²) in [4.78, 5) is 11.8. The number of hydrogen-bond acceptors (Lipinski definition) is 2. The summed E-state index contributed by atoms with van der Waals surface area (Å²) >= 11 is 6.24. The van der Waals surface area contributed by atoms with Crippen molar-refractivity contribution >= 4 is 17.5 Å². The van der Waals surface area contributed by atoms with Gasteiger partial charge in [-0.1, -0.05) is 50.8 Å². The smallest absolute Gasteiger partial charge is 0.234 e. The number of halogens is 1. The Morgan fingerprint density at radius 3 is 3.00 bits per heavy atom. The van der Waals surface area contributed by atoms with Crippen LogP contribution in [0.1, 0.15) is 52.4 Å². The first kappa shape index (κ1) is 15.8. The van der Waals surface area contributed by atoms with Crippen molar-refractivity contribution in [1.82, 2.24) is 10.6 Å². The molecule has 4 atom stereocenters. The van der Waals surface area contributed by atoms with Crippen molar-refractivity contribution in [3.8, 4) is 0 Å². The van der Waals surface area contributed by atoms with Gasteiger partial charge in [-0.2, -0.15) is 0 Å². The van der Waals surface area contributed by atoms with E-state index in [1.165, 1.54) is 25.7 Å². The summed E-state index contributed by atoms with van der Waals surface area (Å²) in [6.45, 7) is 4.97. The van der Waals surface area contributed by atoms with Crippen LogP contribution in [0, 0.1) is 11.8 Å². The molecule has 1 fully saturated rings. The minimum Gasteiger partial charge on any atom is -0.352 e. The van der Waals surface area contributed by atoms with E-state index in [0.717, 1.165) is 17.9 Å². The standard InChI is InChI=1S/C16H27ClN2O/c1-3-4-5-6-11(2)16-13-9-12(17)7-8-14(13)19-15(20)10-18-16/h9,11,13-14,16,18H,3-8,10H2,1-2H3,(H,19,20)/t11-,13?,14?,16?/m0/s1. The minimum atomic E-state index is 0.120. The summed E-state index contributed by atoms with van der Waals surface area (Å²) in [5, 5.41) is 7.57. The molecule has 1 amide bonds. The predicted molar refractivity (Wildman–Crippen MR) is 83.7 cm³/mol. The Morgan fingerprint density at radius 1 is 1.45 bits per heavy atom. The molecule has 4 heteroatoms. The van der Waals surface area contributed by atoms with Crippen LogP contribution in [-0.4, -0.2) is 24.5 Å². The van der Waals surface area contributed by atoms with Crippen LogP contribution >= 0.6 is 11.6 Å². The van der Waals surface area contributed by atoms with Crippen LogP contribution in [0.2, 0.25) is 0 Å². The molecule has 0 aromatic rings. The summed E-state index contributed by atoms with van der Waals surface area (Å²) < 4.78 is 0. The van der Waals surface area contributed by atoms with Gasteiger partial charge in [0, 0.05) is 23.0 Å². The van der Waals surface area contributed by atoms with Gasteiger partial charge >= 0.3 is 0 Å². The van der Waals surface area contributed by atoms with E-state index < -0.39 is 0 Å². The van der Waals surface area contributed by atoms with Gasteiger partial charge in [0.15, 0.2) is 0 Å². The summed E-state index contributed by atoms with van der Waals surface area (Å²) in [6, 6.07) is 0.600. The van der Waals surface area contributed by atoms with Crippen LogP contribution < -0.4 is 10.6 Å². The fourth-order valence-electron chi connectivity index (χ4n) is 3.50. The van der Waals surface area contributed by atoms with E-state index in [-0.39, 0.29) is 11.9 Å². The third-order valence-electron chi connectivity index (χ3n) is 4.67. The van der Waals surface area contributed by atoms with Crippen LogP contribution in [0.15, 0.2) is 11.1 Å². The average molecular weight is 299 g/mol. The number of hydrogen-bond donors (Lipinski definition) is 2. The van der Waals surface area contributed by atoms with Crippen LogP contribution in [0.4, 0.5) is 0 Å². The lowest BCUT2D eigenvalue weighted by Gasteiger charge is -2.36. The molecule has 1 saturated heterocycles. The van der Waals surface area contributed by atoms with Crippen molar-refractivity contribution in [2.75, 3.05) is 6.54 Å². The summed E-state index contributed by atoms with van der Waals surface area (Å²) in [7, 11) is 0. The second-order valence-electron chi connectivity index (χ2n) is 6.28. The molecular weight excluding hydrogens is 272 g/mol. The molecule has 0 aromatic carbocycles. The quantitative estimate of drug-likeness (QED) is 0.765. The predicted octanol–water partition coefficient (Wildman–Crippen LogP) is 3.19. The minimum absolute atomic E-state index is 0.120. The highest BCUT2D eigenvalue weighted by atomic mass is 35.5. The molecule has 0 spiro atoms. The molecule has 0 aromatic heterocycles. The van der Waals surface area contributed by atoms with E-state index in [4.69, 9.17) is 11.6 Å². The maximum atomic E-state index is 11.8. The van der Waals surface area contributed by atoms with Crippen molar-refractivity contribution < 1.29 is 4.79 Å². The van der Waals surface area contributed by atoms with Gasteiger partial charge in [-0.3, -0.25) is 4.79 Å². The van der Waals surface area contributed by atoms with Crippen molar-refractivity contribution in [1.29, 1.82) is 0 Å². The van der Waals surface area contributed by atoms with Gasteiger partial charge in [0.2, 0.25) is 5.91 Å². The molecule has 2 N–H and O–H groups in total. The van der Waals surface area contributed by atoms with Crippen LogP contribution in [0.5, 0.6) is 0 Å². The van der Waals surface area contributed by atoms with Crippen molar-refractivity contribution in [3.63, 3.8) is 0 Å². The zero-order valence-corrected chi connectivity index (χ0v) is 13.4. The molecule has 0 radical (unpaired) electrons. The topological polar surface area (TPSA) is 41.1 Å². The molecule has 1 aliphatic carbocycles. The number of carbonyl (C=O) groups excluding carboxylic acids is 1. The van der Waals surface area contributed by atoms with Crippen LogP contribution in [0.25, 0.3) is 0 Å². The zero-order chi connectivity index (χ0) is 14.5. The molecule has 114 valence electrons. The number of unbranched alkanes of at least 4 members (excludes halogenated alkanes) is 2. The van der Waals surface area contributed by atoms with Gasteiger partial charge in [0.05, 0.1) is 6.54 Å². The number of amides is 1. The zero-order valence-electron chi connectivity index (χ0n) is 12.6. The Labute approximate surface area is 127 Å². The summed E-state index contributed by atoms with van der Waals surface area (Å²) in [5.41, 5.74) is 0. The molecular formula is C16H27ClN2O. The normalized spacial score (nSPS) is 31.9. The summed E-state index contributed by atoms with van der Waals surface area (Å²) in [6.07, 6.45) is 9.06. The van der Waals surface area contributed by atoms with Crippen molar-refractivity contribution in [2.24, 2.45) is 11.8 Å². The lowest BCUT2D eigenvalue weighted by Crippen LogP contribution is -2.46. The molecule has 3 unspecified atom stereocenters. The second kappa shape index (κ2) is 7.46. The first-order valence-electron chi connectivity index (χ1n) is 8.00. The number of carbonyl (C=O) groups is 1. The number of rotatable bonds is 5. The monoisotopic (exact) mass is 298 g/mol. The molecule has 1 heterocycles. The highest BCUT2D eigenvalue weighted by Crippen LogP contribution is 2.32. The molecule has 0 bridgehead atoms. The molecule has 2 rings (SSSR count). The molecule has 0 saturated carbocycles.